The minimum Gasteiger partial charge on any atom is -0.474 e. The molecular formula is C18H26BrN3O3. The molecule has 1 aliphatic heterocycles. The maximum Gasteiger partial charge on any atom is 0.228 e. The summed E-state index contributed by atoms with van der Waals surface area (Å²) in [5, 5.41) is 0. The van der Waals surface area contributed by atoms with Gasteiger partial charge in [-0.3, -0.25) is 0 Å². The third-order valence-electron chi connectivity index (χ3n) is 4.79. The molecule has 0 radical (unpaired) electrons. The Morgan fingerprint density at radius 1 is 1.40 bits per heavy atom. The maximum absolute atomic E-state index is 6.14. The molecule has 2 fully saturated rings. The van der Waals surface area contributed by atoms with Crippen LogP contribution in [0.2, 0.25) is 0 Å². The standard InChI is InChI=1S/C18H26BrN3O3/c1-4-22(3)12-20-16-11-15(19)17(21-13(16)2)25-14-5-7-18(8-6-14)23-9-10-24-18/h11-12,14H,4-10H2,1-3H3. The number of halogens is 1. The van der Waals surface area contributed by atoms with Crippen molar-refractivity contribution in [2.75, 3.05) is 26.8 Å². The summed E-state index contributed by atoms with van der Waals surface area (Å²) in [6.07, 6.45) is 5.53. The largest absolute Gasteiger partial charge is 0.474 e. The number of hydrogen-bond acceptors (Lipinski definition) is 5. The second-order valence-electron chi connectivity index (χ2n) is 6.62. The van der Waals surface area contributed by atoms with Gasteiger partial charge in [0, 0.05) is 26.4 Å². The predicted octanol–water partition coefficient (Wildman–Crippen LogP) is 3.83. The molecule has 6 nitrogen and oxygen atoms in total. The van der Waals surface area contributed by atoms with Crippen molar-refractivity contribution >= 4 is 28.0 Å². The van der Waals surface area contributed by atoms with Crippen molar-refractivity contribution in [3.8, 4) is 5.88 Å². The summed E-state index contributed by atoms with van der Waals surface area (Å²) in [6.45, 7) is 6.35. The van der Waals surface area contributed by atoms with Crippen LogP contribution in [-0.2, 0) is 9.47 Å². The van der Waals surface area contributed by atoms with Gasteiger partial charge in [-0.25, -0.2) is 9.98 Å². The lowest BCUT2D eigenvalue weighted by Gasteiger charge is -2.35. The average Bonchev–Trinajstić information content (AvgIpc) is 3.06. The minimum atomic E-state index is -0.357. The zero-order valence-electron chi connectivity index (χ0n) is 15.1. The van der Waals surface area contributed by atoms with Crippen molar-refractivity contribution < 1.29 is 14.2 Å². The third-order valence-corrected chi connectivity index (χ3v) is 5.35. The van der Waals surface area contributed by atoms with Crippen LogP contribution in [-0.4, -0.2) is 54.9 Å². The van der Waals surface area contributed by atoms with E-state index in [1.54, 1.807) is 0 Å². The van der Waals surface area contributed by atoms with Crippen LogP contribution in [0.4, 0.5) is 5.69 Å². The molecule has 1 saturated heterocycles. The first-order chi connectivity index (χ1) is 12.0. The summed E-state index contributed by atoms with van der Waals surface area (Å²) in [4.78, 5) is 11.1. The maximum atomic E-state index is 6.14. The van der Waals surface area contributed by atoms with E-state index >= 15 is 0 Å². The molecule has 0 amide bonds. The Bertz CT molecular complexity index is 622. The van der Waals surface area contributed by atoms with Crippen LogP contribution >= 0.6 is 15.9 Å². The van der Waals surface area contributed by atoms with Crippen LogP contribution in [0, 0.1) is 6.92 Å². The average molecular weight is 412 g/mol. The zero-order chi connectivity index (χ0) is 17.9. The van der Waals surface area contributed by atoms with E-state index < -0.39 is 0 Å². The van der Waals surface area contributed by atoms with Crippen molar-refractivity contribution in [2.45, 2.75) is 51.4 Å². The molecule has 3 rings (SSSR count). The van der Waals surface area contributed by atoms with E-state index in [4.69, 9.17) is 14.2 Å². The Morgan fingerprint density at radius 2 is 2.08 bits per heavy atom. The van der Waals surface area contributed by atoms with Gasteiger partial charge in [-0.2, -0.15) is 0 Å². The molecule has 1 saturated carbocycles. The molecule has 0 aromatic carbocycles. The minimum absolute atomic E-state index is 0.141. The molecule has 1 aliphatic carbocycles. The number of ether oxygens (including phenoxy) is 3. The molecule has 0 unspecified atom stereocenters. The lowest BCUT2D eigenvalue weighted by atomic mass is 9.92. The summed E-state index contributed by atoms with van der Waals surface area (Å²) < 4.78 is 18.5. The molecule has 7 heteroatoms. The van der Waals surface area contributed by atoms with Gasteiger partial charge in [-0.05, 0) is 48.7 Å². The van der Waals surface area contributed by atoms with Crippen LogP contribution in [0.5, 0.6) is 5.88 Å². The van der Waals surface area contributed by atoms with Crippen LogP contribution in [0.1, 0.15) is 38.3 Å². The molecule has 25 heavy (non-hydrogen) atoms. The van der Waals surface area contributed by atoms with Gasteiger partial charge in [0.25, 0.3) is 0 Å². The molecule has 0 N–H and O–H groups in total. The fourth-order valence-electron chi connectivity index (χ4n) is 3.10. The summed E-state index contributed by atoms with van der Waals surface area (Å²) in [6, 6.07) is 1.96. The number of aromatic nitrogens is 1. The zero-order valence-corrected chi connectivity index (χ0v) is 16.7. The quantitative estimate of drug-likeness (QED) is 0.544. The highest BCUT2D eigenvalue weighted by Gasteiger charge is 2.41. The Labute approximate surface area is 157 Å². The van der Waals surface area contributed by atoms with Gasteiger partial charge in [0.2, 0.25) is 5.88 Å². The van der Waals surface area contributed by atoms with Gasteiger partial charge in [-0.15, -0.1) is 0 Å². The Morgan fingerprint density at radius 3 is 2.72 bits per heavy atom. The van der Waals surface area contributed by atoms with E-state index in [0.717, 1.165) is 48.1 Å². The van der Waals surface area contributed by atoms with E-state index in [9.17, 15) is 0 Å². The number of aryl methyl sites for hydroxylation is 1. The molecule has 1 spiro atoms. The fourth-order valence-corrected chi connectivity index (χ4v) is 3.50. The highest BCUT2D eigenvalue weighted by Crippen LogP contribution is 2.38. The summed E-state index contributed by atoms with van der Waals surface area (Å²) >= 11 is 3.57. The highest BCUT2D eigenvalue weighted by molar-refractivity contribution is 9.10. The first kappa shape index (κ1) is 18.6. The van der Waals surface area contributed by atoms with Crippen LogP contribution in [0.3, 0.4) is 0 Å². The van der Waals surface area contributed by atoms with E-state index in [0.29, 0.717) is 19.1 Å². The SMILES string of the molecule is CCN(C)C=Nc1cc(Br)c(OC2CCC3(CC2)OCCO3)nc1C. The second kappa shape index (κ2) is 8.01. The van der Waals surface area contributed by atoms with Crippen molar-refractivity contribution in [1.29, 1.82) is 0 Å². The Hall–Kier alpha value is -1.18. The first-order valence-corrected chi connectivity index (χ1v) is 9.67. The normalized spacial score (nSPS) is 20.5. The molecule has 1 aromatic rings. The van der Waals surface area contributed by atoms with Crippen LogP contribution in [0.25, 0.3) is 0 Å². The molecule has 138 valence electrons. The van der Waals surface area contributed by atoms with E-state index in [1.807, 2.05) is 31.3 Å². The van der Waals surface area contributed by atoms with Crippen molar-refractivity contribution in [3.05, 3.63) is 16.2 Å². The molecular weight excluding hydrogens is 386 g/mol. The van der Waals surface area contributed by atoms with Crippen molar-refractivity contribution in [3.63, 3.8) is 0 Å². The van der Waals surface area contributed by atoms with Crippen molar-refractivity contribution in [1.82, 2.24) is 9.88 Å². The number of pyridine rings is 1. The van der Waals surface area contributed by atoms with Gasteiger partial charge >= 0.3 is 0 Å². The number of hydrogen-bond donors (Lipinski definition) is 0. The molecule has 1 aromatic heterocycles. The summed E-state index contributed by atoms with van der Waals surface area (Å²) in [7, 11) is 1.99. The lowest BCUT2D eigenvalue weighted by molar-refractivity contribution is -0.186. The molecule has 2 aliphatic rings. The molecule has 2 heterocycles. The Kier molecular flexibility index (Phi) is 5.96. The number of rotatable bonds is 5. The lowest BCUT2D eigenvalue weighted by Crippen LogP contribution is -2.38. The first-order valence-electron chi connectivity index (χ1n) is 8.87. The van der Waals surface area contributed by atoms with Gasteiger partial charge in [0.15, 0.2) is 5.79 Å². The third kappa shape index (κ3) is 4.51. The van der Waals surface area contributed by atoms with Gasteiger partial charge < -0.3 is 19.1 Å². The highest BCUT2D eigenvalue weighted by atomic mass is 79.9. The molecule has 0 bridgehead atoms. The predicted molar refractivity (Wildman–Crippen MR) is 101 cm³/mol. The van der Waals surface area contributed by atoms with Gasteiger partial charge in [0.05, 0.1) is 35.4 Å². The smallest absolute Gasteiger partial charge is 0.228 e. The monoisotopic (exact) mass is 411 g/mol. The summed E-state index contributed by atoms with van der Waals surface area (Å²) in [5.74, 6) is 0.277. The summed E-state index contributed by atoms with van der Waals surface area (Å²) in [5.41, 5.74) is 1.70. The van der Waals surface area contributed by atoms with E-state index in [-0.39, 0.29) is 11.9 Å². The van der Waals surface area contributed by atoms with Crippen LogP contribution < -0.4 is 4.74 Å². The second-order valence-corrected chi connectivity index (χ2v) is 7.48. The van der Waals surface area contributed by atoms with E-state index in [1.165, 1.54) is 0 Å². The fraction of sp³-hybridized carbons (Fsp3) is 0.667. The van der Waals surface area contributed by atoms with E-state index in [2.05, 4.69) is 32.8 Å². The molecule has 0 atom stereocenters. The van der Waals surface area contributed by atoms with Crippen molar-refractivity contribution in [2.24, 2.45) is 4.99 Å². The number of aliphatic imine (C=N–C) groups is 1. The topological polar surface area (TPSA) is 56.2 Å². The Balaban J connectivity index is 1.63. The van der Waals surface area contributed by atoms with Gasteiger partial charge in [-0.1, -0.05) is 0 Å². The van der Waals surface area contributed by atoms with Gasteiger partial charge in [0.1, 0.15) is 6.10 Å². The van der Waals surface area contributed by atoms with Crippen LogP contribution in [0.15, 0.2) is 15.5 Å². The number of nitrogens with zero attached hydrogens (tertiary/aromatic N) is 3.